The Balaban J connectivity index is 1.77. The third-order valence-electron chi connectivity index (χ3n) is 5.34. The van der Waals surface area contributed by atoms with E-state index in [0.29, 0.717) is 12.1 Å². The number of aliphatic carboxylic acids is 1. The highest BCUT2D eigenvalue weighted by Gasteiger charge is 2.35. The molecule has 194 valence electrons. The summed E-state index contributed by atoms with van der Waals surface area (Å²) in [4.78, 5) is 33.3. The van der Waals surface area contributed by atoms with Crippen LogP contribution in [-0.2, 0) is 27.4 Å². The number of carbonyl (C=O) groups is 2. The molecular weight excluding hydrogens is 517 g/mol. The van der Waals surface area contributed by atoms with E-state index >= 15 is 0 Å². The number of carbonyl (C=O) groups excluding carboxylic acids is 1. The van der Waals surface area contributed by atoms with Gasteiger partial charge in [0.25, 0.3) is 15.7 Å². The lowest BCUT2D eigenvalue weighted by atomic mass is 9.92. The Kier molecular flexibility index (Phi) is 7.96. The Morgan fingerprint density at radius 2 is 1.62 bits per heavy atom. The molecule has 1 atom stereocenters. The SMILES string of the molecule is O=C(CC(Cc1ccccc1)C(=O)O)c1ccc(NS(=O)(=O)c2ccc(C(F)(F)F)cc2[N+](=O)[O-])cc1. The van der Waals surface area contributed by atoms with Gasteiger partial charge in [-0.1, -0.05) is 30.3 Å². The van der Waals surface area contributed by atoms with Crippen molar-refractivity contribution in [2.24, 2.45) is 5.92 Å². The molecule has 0 saturated heterocycles. The predicted octanol–water partition coefficient (Wildman–Crippen LogP) is 4.93. The molecule has 0 aliphatic rings. The minimum Gasteiger partial charge on any atom is -0.481 e. The lowest BCUT2D eigenvalue weighted by Crippen LogP contribution is -2.20. The number of hydrogen-bond donors (Lipinski definition) is 2. The number of carboxylic acid groups (broad SMARTS) is 1. The molecule has 0 aliphatic heterocycles. The summed E-state index contributed by atoms with van der Waals surface area (Å²) in [5.41, 5.74) is -1.92. The van der Waals surface area contributed by atoms with Gasteiger partial charge in [-0.15, -0.1) is 0 Å². The van der Waals surface area contributed by atoms with Crippen molar-refractivity contribution in [1.29, 1.82) is 0 Å². The van der Waals surface area contributed by atoms with E-state index in [4.69, 9.17) is 0 Å². The lowest BCUT2D eigenvalue weighted by molar-refractivity contribution is -0.388. The van der Waals surface area contributed by atoms with E-state index in [1.54, 1.807) is 30.3 Å². The van der Waals surface area contributed by atoms with Gasteiger partial charge in [0.2, 0.25) is 0 Å². The standard InChI is InChI=1S/C24H19F3N2O7S/c25-24(26,27)18-8-11-22(20(14-18)29(33)34)37(35,36)28-19-9-6-16(7-10-19)21(30)13-17(23(31)32)12-15-4-2-1-3-5-15/h1-11,14,17,28H,12-13H2,(H,31,32). The van der Waals surface area contributed by atoms with Gasteiger partial charge in [-0.05, 0) is 48.4 Å². The Morgan fingerprint density at radius 1 is 1.00 bits per heavy atom. The van der Waals surface area contributed by atoms with Crippen LogP contribution in [-0.4, -0.2) is 30.2 Å². The second kappa shape index (κ2) is 10.8. The summed E-state index contributed by atoms with van der Waals surface area (Å²) in [6.07, 6.45) is -5.09. The molecule has 0 aliphatic carbocycles. The summed E-state index contributed by atoms with van der Waals surface area (Å²) < 4.78 is 66.1. The van der Waals surface area contributed by atoms with Gasteiger partial charge in [0.1, 0.15) is 0 Å². The first-order chi connectivity index (χ1) is 17.3. The number of alkyl halides is 3. The largest absolute Gasteiger partial charge is 0.481 e. The highest BCUT2D eigenvalue weighted by Crippen LogP contribution is 2.35. The van der Waals surface area contributed by atoms with Crippen LogP contribution in [0.2, 0.25) is 0 Å². The molecule has 0 amide bonds. The second-order valence-electron chi connectivity index (χ2n) is 7.97. The molecule has 37 heavy (non-hydrogen) atoms. The fourth-order valence-corrected chi connectivity index (χ4v) is 4.70. The predicted molar refractivity (Wildman–Crippen MR) is 126 cm³/mol. The minimum absolute atomic E-state index is 0.0998. The summed E-state index contributed by atoms with van der Waals surface area (Å²) in [5, 5.41) is 20.7. The minimum atomic E-state index is -4.91. The number of sulfonamides is 1. The van der Waals surface area contributed by atoms with Crippen LogP contribution in [0.5, 0.6) is 0 Å². The third-order valence-corrected chi connectivity index (χ3v) is 6.77. The van der Waals surface area contributed by atoms with Gasteiger partial charge in [0, 0.05) is 23.7 Å². The highest BCUT2D eigenvalue weighted by molar-refractivity contribution is 7.92. The number of benzene rings is 3. The first-order valence-electron chi connectivity index (χ1n) is 10.6. The van der Waals surface area contributed by atoms with E-state index in [9.17, 15) is 46.4 Å². The van der Waals surface area contributed by atoms with E-state index in [2.05, 4.69) is 0 Å². The van der Waals surface area contributed by atoms with Crippen LogP contribution in [0.3, 0.4) is 0 Å². The fraction of sp³-hybridized carbons (Fsp3) is 0.167. The van der Waals surface area contributed by atoms with E-state index in [0.717, 1.165) is 5.56 Å². The molecule has 1 unspecified atom stereocenters. The molecule has 3 rings (SSSR count). The number of hydrogen-bond acceptors (Lipinski definition) is 6. The summed E-state index contributed by atoms with van der Waals surface area (Å²) in [6, 6.07) is 14.6. The molecular formula is C24H19F3N2O7S. The Hall–Kier alpha value is -4.26. The number of rotatable bonds is 10. The van der Waals surface area contributed by atoms with Crippen molar-refractivity contribution in [3.05, 3.63) is 99.6 Å². The van der Waals surface area contributed by atoms with Crippen molar-refractivity contribution < 1.29 is 41.2 Å². The summed E-state index contributed by atoms with van der Waals surface area (Å²) in [5.74, 6) is -2.65. The number of halogens is 3. The van der Waals surface area contributed by atoms with Crippen LogP contribution < -0.4 is 4.72 Å². The van der Waals surface area contributed by atoms with Crippen molar-refractivity contribution in [2.45, 2.75) is 23.9 Å². The van der Waals surface area contributed by atoms with Gasteiger partial charge in [-0.3, -0.25) is 24.4 Å². The van der Waals surface area contributed by atoms with Crippen LogP contribution in [0.4, 0.5) is 24.5 Å². The van der Waals surface area contributed by atoms with Crippen molar-refractivity contribution in [2.75, 3.05) is 4.72 Å². The molecule has 13 heteroatoms. The zero-order chi connectivity index (χ0) is 27.4. The average Bonchev–Trinajstić information content (AvgIpc) is 2.83. The smallest absolute Gasteiger partial charge is 0.416 e. The van der Waals surface area contributed by atoms with E-state index in [-0.39, 0.29) is 30.2 Å². The van der Waals surface area contributed by atoms with Crippen molar-refractivity contribution in [3.8, 4) is 0 Å². The average molecular weight is 536 g/mol. The maximum Gasteiger partial charge on any atom is 0.416 e. The van der Waals surface area contributed by atoms with Gasteiger partial charge in [-0.2, -0.15) is 13.2 Å². The fourth-order valence-electron chi connectivity index (χ4n) is 3.48. The zero-order valence-corrected chi connectivity index (χ0v) is 19.6. The first-order valence-corrected chi connectivity index (χ1v) is 12.0. The van der Waals surface area contributed by atoms with Gasteiger partial charge in [0.05, 0.1) is 16.4 Å². The molecule has 9 nitrogen and oxygen atoms in total. The summed E-state index contributed by atoms with van der Waals surface area (Å²) in [7, 11) is -4.67. The number of Topliss-reactive ketones (excluding diaryl/α,β-unsaturated/α-hetero) is 1. The van der Waals surface area contributed by atoms with Crippen LogP contribution in [0.1, 0.15) is 27.9 Å². The van der Waals surface area contributed by atoms with Crippen molar-refractivity contribution in [1.82, 2.24) is 0 Å². The monoisotopic (exact) mass is 536 g/mol. The maximum atomic E-state index is 12.9. The quantitative estimate of drug-likeness (QED) is 0.212. The Bertz CT molecular complexity index is 1420. The van der Waals surface area contributed by atoms with Crippen molar-refractivity contribution >= 4 is 33.2 Å². The summed E-state index contributed by atoms with van der Waals surface area (Å²) >= 11 is 0. The van der Waals surface area contributed by atoms with Gasteiger partial charge >= 0.3 is 12.1 Å². The lowest BCUT2D eigenvalue weighted by Gasteiger charge is -2.13. The molecule has 0 fully saturated rings. The first kappa shape index (κ1) is 27.3. The van der Waals surface area contributed by atoms with Crippen LogP contribution in [0.25, 0.3) is 0 Å². The Labute approximate surface area is 208 Å². The molecule has 3 aromatic rings. The topological polar surface area (TPSA) is 144 Å². The zero-order valence-electron chi connectivity index (χ0n) is 18.8. The van der Waals surface area contributed by atoms with E-state index in [1.165, 1.54) is 24.3 Å². The number of nitro groups is 1. The van der Waals surface area contributed by atoms with Crippen LogP contribution >= 0.6 is 0 Å². The molecule has 0 aromatic heterocycles. The van der Waals surface area contributed by atoms with Crippen molar-refractivity contribution in [3.63, 3.8) is 0 Å². The van der Waals surface area contributed by atoms with Gasteiger partial charge < -0.3 is 5.11 Å². The van der Waals surface area contributed by atoms with Crippen LogP contribution in [0.15, 0.2) is 77.7 Å². The normalized spacial score (nSPS) is 12.5. The highest BCUT2D eigenvalue weighted by atomic mass is 32.2. The molecule has 0 radical (unpaired) electrons. The van der Waals surface area contributed by atoms with Crippen LogP contribution in [0, 0.1) is 16.0 Å². The maximum absolute atomic E-state index is 12.9. The summed E-state index contributed by atoms with van der Waals surface area (Å²) in [6.45, 7) is 0. The molecule has 0 bridgehead atoms. The molecule has 0 spiro atoms. The number of nitrogens with zero attached hydrogens (tertiary/aromatic N) is 1. The molecule has 3 aromatic carbocycles. The number of anilines is 1. The molecule has 0 heterocycles. The van der Waals surface area contributed by atoms with E-state index in [1.807, 2.05) is 4.72 Å². The number of nitro benzene ring substituents is 1. The van der Waals surface area contributed by atoms with E-state index < -0.39 is 54.9 Å². The number of nitrogens with one attached hydrogen (secondary N) is 1. The third kappa shape index (κ3) is 6.91. The van der Waals surface area contributed by atoms with Gasteiger partial charge in [0.15, 0.2) is 10.7 Å². The Morgan fingerprint density at radius 3 is 2.16 bits per heavy atom. The molecule has 0 saturated carbocycles. The van der Waals surface area contributed by atoms with Gasteiger partial charge in [-0.25, -0.2) is 8.42 Å². The second-order valence-corrected chi connectivity index (χ2v) is 9.62. The molecule has 2 N–H and O–H groups in total. The number of ketones is 1. The number of carboxylic acids is 1.